The van der Waals surface area contributed by atoms with Crippen molar-refractivity contribution < 1.29 is 19.2 Å². The number of carbonyl (C=O) groups is 1. The summed E-state index contributed by atoms with van der Waals surface area (Å²) in [6.07, 6.45) is 0.574. The molecule has 2 unspecified atom stereocenters. The van der Waals surface area contributed by atoms with Crippen LogP contribution in [0.5, 0.6) is 0 Å². The second-order valence-corrected chi connectivity index (χ2v) is 4.46. The third-order valence-electron chi connectivity index (χ3n) is 2.92. The topological polar surface area (TPSA) is 85.5 Å². The maximum absolute atomic E-state index is 10.7. The van der Waals surface area contributed by atoms with E-state index in [0.29, 0.717) is 18.1 Å². The molecular formula is C10H14N2O4. The lowest BCUT2D eigenvalue weighted by atomic mass is 10.1. The molecular weight excluding hydrogens is 212 g/mol. The highest BCUT2D eigenvalue weighted by Crippen LogP contribution is 2.47. The van der Waals surface area contributed by atoms with Gasteiger partial charge in [0.15, 0.2) is 0 Å². The van der Waals surface area contributed by atoms with E-state index in [4.69, 9.17) is 14.4 Å². The van der Waals surface area contributed by atoms with E-state index in [9.17, 15) is 4.79 Å². The fourth-order valence-electron chi connectivity index (χ4n) is 1.46. The Bertz CT molecular complexity index is 413. The number of nitrogens with zero attached hydrogens (tertiary/aromatic N) is 2. The number of aliphatic carboxylic acids is 1. The molecule has 1 aromatic rings. The van der Waals surface area contributed by atoms with E-state index in [1.807, 2.05) is 13.8 Å². The van der Waals surface area contributed by atoms with Crippen molar-refractivity contribution in [3.8, 4) is 0 Å². The lowest BCUT2D eigenvalue weighted by Crippen LogP contribution is -2.21. The van der Waals surface area contributed by atoms with Crippen molar-refractivity contribution in [2.24, 2.45) is 5.92 Å². The van der Waals surface area contributed by atoms with E-state index in [0.717, 1.165) is 0 Å². The normalized spacial score (nSPS) is 24.4. The maximum Gasteiger partial charge on any atom is 0.307 e. The molecule has 6 heteroatoms. The Morgan fingerprint density at radius 2 is 2.31 bits per heavy atom. The van der Waals surface area contributed by atoms with Crippen LogP contribution in [0.1, 0.15) is 37.9 Å². The minimum Gasteiger partial charge on any atom is -0.481 e. The Kier molecular flexibility index (Phi) is 2.46. The summed E-state index contributed by atoms with van der Waals surface area (Å²) in [5, 5.41) is 12.6. The summed E-state index contributed by atoms with van der Waals surface area (Å²) >= 11 is 0. The molecule has 6 nitrogen and oxygen atoms in total. The average Bonchev–Trinajstić information content (AvgIpc) is 2.88. The standard InChI is InChI=1S/C10H14N2O4/c1-10(2,15-3)9-11-7(16-12-9)5-4-6(5)8(13)14/h5-6H,4H2,1-3H3,(H,13,14). The van der Waals surface area contributed by atoms with Crippen LogP contribution in [-0.4, -0.2) is 28.3 Å². The summed E-state index contributed by atoms with van der Waals surface area (Å²) in [5.74, 6) is -0.477. The van der Waals surface area contributed by atoms with Gasteiger partial charge < -0.3 is 14.4 Å². The molecule has 1 saturated carbocycles. The van der Waals surface area contributed by atoms with Gasteiger partial charge >= 0.3 is 5.97 Å². The second-order valence-electron chi connectivity index (χ2n) is 4.46. The van der Waals surface area contributed by atoms with E-state index < -0.39 is 11.6 Å². The predicted molar refractivity (Wildman–Crippen MR) is 52.8 cm³/mol. The quantitative estimate of drug-likeness (QED) is 0.828. The summed E-state index contributed by atoms with van der Waals surface area (Å²) in [4.78, 5) is 14.9. The summed E-state index contributed by atoms with van der Waals surface area (Å²) in [7, 11) is 1.56. The van der Waals surface area contributed by atoms with Crippen LogP contribution in [0.3, 0.4) is 0 Å². The van der Waals surface area contributed by atoms with Crippen molar-refractivity contribution >= 4 is 5.97 Å². The fourth-order valence-corrected chi connectivity index (χ4v) is 1.46. The Balaban J connectivity index is 2.13. The lowest BCUT2D eigenvalue weighted by Gasteiger charge is -2.17. The molecule has 1 aliphatic rings. The molecule has 0 aliphatic heterocycles. The summed E-state index contributed by atoms with van der Waals surface area (Å²) in [6.45, 7) is 3.65. The van der Waals surface area contributed by atoms with Crippen LogP contribution in [0.2, 0.25) is 0 Å². The van der Waals surface area contributed by atoms with Gasteiger partial charge in [0.25, 0.3) is 0 Å². The monoisotopic (exact) mass is 226 g/mol. The predicted octanol–water partition coefficient (Wildman–Crippen LogP) is 1.14. The minimum absolute atomic E-state index is 0.133. The van der Waals surface area contributed by atoms with E-state index in [-0.39, 0.29) is 11.8 Å². The average molecular weight is 226 g/mol. The number of hydrogen-bond donors (Lipinski definition) is 1. The van der Waals surface area contributed by atoms with Crippen molar-refractivity contribution in [3.05, 3.63) is 11.7 Å². The van der Waals surface area contributed by atoms with Crippen LogP contribution < -0.4 is 0 Å². The third-order valence-corrected chi connectivity index (χ3v) is 2.92. The molecule has 0 saturated heterocycles. The van der Waals surface area contributed by atoms with Crippen molar-refractivity contribution in [3.63, 3.8) is 0 Å². The fraction of sp³-hybridized carbons (Fsp3) is 0.700. The number of carboxylic acid groups (broad SMARTS) is 1. The van der Waals surface area contributed by atoms with Crippen LogP contribution in [0.15, 0.2) is 4.52 Å². The van der Waals surface area contributed by atoms with Gasteiger partial charge in [0.2, 0.25) is 11.7 Å². The summed E-state index contributed by atoms with van der Waals surface area (Å²) in [6, 6.07) is 0. The first kappa shape index (κ1) is 11.1. The van der Waals surface area contributed by atoms with Crippen molar-refractivity contribution in [1.82, 2.24) is 10.1 Å². The Morgan fingerprint density at radius 3 is 2.81 bits per heavy atom. The molecule has 0 bridgehead atoms. The van der Waals surface area contributed by atoms with Crippen LogP contribution in [0.4, 0.5) is 0 Å². The number of carboxylic acids is 1. The number of rotatable bonds is 4. The molecule has 1 N–H and O–H groups in total. The van der Waals surface area contributed by atoms with Gasteiger partial charge in [-0.3, -0.25) is 4.79 Å². The number of aromatic nitrogens is 2. The first-order valence-corrected chi connectivity index (χ1v) is 5.07. The first-order chi connectivity index (χ1) is 7.45. The molecule has 0 spiro atoms. The zero-order valence-corrected chi connectivity index (χ0v) is 9.43. The van der Waals surface area contributed by atoms with Crippen LogP contribution in [0.25, 0.3) is 0 Å². The minimum atomic E-state index is -0.809. The lowest BCUT2D eigenvalue weighted by molar-refractivity contribution is -0.138. The summed E-state index contributed by atoms with van der Waals surface area (Å²) < 4.78 is 10.3. The smallest absolute Gasteiger partial charge is 0.307 e. The van der Waals surface area contributed by atoms with Gasteiger partial charge in [-0.1, -0.05) is 5.16 Å². The Hall–Kier alpha value is -1.43. The zero-order valence-electron chi connectivity index (χ0n) is 9.43. The van der Waals surface area contributed by atoms with E-state index in [1.165, 1.54) is 0 Å². The molecule has 16 heavy (non-hydrogen) atoms. The van der Waals surface area contributed by atoms with Gasteiger partial charge in [-0.2, -0.15) is 4.98 Å². The highest BCUT2D eigenvalue weighted by molar-refractivity contribution is 5.74. The Labute approximate surface area is 92.6 Å². The van der Waals surface area contributed by atoms with Crippen LogP contribution >= 0.6 is 0 Å². The van der Waals surface area contributed by atoms with Crippen LogP contribution in [0, 0.1) is 5.92 Å². The van der Waals surface area contributed by atoms with Crippen molar-refractivity contribution in [2.45, 2.75) is 31.8 Å². The largest absolute Gasteiger partial charge is 0.481 e. The molecule has 0 aromatic carbocycles. The zero-order chi connectivity index (χ0) is 11.9. The second kappa shape index (κ2) is 3.55. The van der Waals surface area contributed by atoms with Gasteiger partial charge in [0.05, 0.1) is 11.8 Å². The van der Waals surface area contributed by atoms with E-state index >= 15 is 0 Å². The Morgan fingerprint density at radius 1 is 1.62 bits per heavy atom. The number of ether oxygens (including phenoxy) is 1. The van der Waals surface area contributed by atoms with Gasteiger partial charge in [0, 0.05) is 7.11 Å². The van der Waals surface area contributed by atoms with Gasteiger partial charge in [-0.05, 0) is 20.3 Å². The highest BCUT2D eigenvalue weighted by atomic mass is 16.5. The van der Waals surface area contributed by atoms with E-state index in [2.05, 4.69) is 10.1 Å². The molecule has 0 radical (unpaired) electrons. The third kappa shape index (κ3) is 1.80. The molecule has 1 aliphatic carbocycles. The molecule has 1 aromatic heterocycles. The molecule has 2 rings (SSSR count). The van der Waals surface area contributed by atoms with Crippen molar-refractivity contribution in [1.29, 1.82) is 0 Å². The number of methoxy groups -OCH3 is 1. The molecule has 1 heterocycles. The number of hydrogen-bond acceptors (Lipinski definition) is 5. The van der Waals surface area contributed by atoms with Gasteiger partial charge in [0.1, 0.15) is 5.60 Å². The van der Waals surface area contributed by atoms with Gasteiger partial charge in [-0.25, -0.2) is 0 Å². The van der Waals surface area contributed by atoms with Crippen LogP contribution in [-0.2, 0) is 15.1 Å². The summed E-state index contributed by atoms with van der Waals surface area (Å²) in [5.41, 5.74) is -0.616. The SMILES string of the molecule is COC(C)(C)c1noc(C2CC2C(=O)O)n1. The maximum atomic E-state index is 10.7. The molecule has 1 fully saturated rings. The van der Waals surface area contributed by atoms with Gasteiger partial charge in [-0.15, -0.1) is 0 Å². The first-order valence-electron chi connectivity index (χ1n) is 5.07. The highest BCUT2D eigenvalue weighted by Gasteiger charge is 2.48. The molecule has 2 atom stereocenters. The molecule has 0 amide bonds. The van der Waals surface area contributed by atoms with E-state index in [1.54, 1.807) is 7.11 Å². The van der Waals surface area contributed by atoms with Crippen molar-refractivity contribution in [2.75, 3.05) is 7.11 Å². The molecule has 88 valence electrons.